The van der Waals surface area contributed by atoms with E-state index < -0.39 is 5.91 Å². The van der Waals surface area contributed by atoms with Crippen LogP contribution in [0.2, 0.25) is 5.02 Å². The van der Waals surface area contributed by atoms with Crippen molar-refractivity contribution in [3.63, 3.8) is 0 Å². The fourth-order valence-corrected chi connectivity index (χ4v) is 4.18. The number of nitrogens with zero attached hydrogens (tertiary/aromatic N) is 1. The van der Waals surface area contributed by atoms with Crippen LogP contribution in [0.15, 0.2) is 60.7 Å². The quantitative estimate of drug-likeness (QED) is 0.623. The lowest BCUT2D eigenvalue weighted by molar-refractivity contribution is 0.0734. The molecule has 4 nitrogen and oxygen atoms in total. The SMILES string of the molecule is NC(=O)c1ccc(CN(C(=O)c2ccc(-c3ccc(Cl)cc3)s2)C2CC2)cc1. The maximum atomic E-state index is 13.1. The lowest BCUT2D eigenvalue weighted by atomic mass is 10.1. The van der Waals surface area contributed by atoms with Gasteiger partial charge in [-0.2, -0.15) is 0 Å². The third-order valence-corrected chi connectivity index (χ3v) is 6.16. The molecule has 0 aliphatic heterocycles. The number of benzene rings is 2. The molecule has 1 aliphatic rings. The van der Waals surface area contributed by atoms with E-state index in [-0.39, 0.29) is 11.9 Å². The summed E-state index contributed by atoms with van der Waals surface area (Å²) in [7, 11) is 0. The van der Waals surface area contributed by atoms with Crippen LogP contribution in [0.3, 0.4) is 0 Å². The second kappa shape index (κ2) is 7.78. The van der Waals surface area contributed by atoms with Crippen molar-refractivity contribution < 1.29 is 9.59 Å². The Balaban J connectivity index is 1.53. The predicted molar refractivity (Wildman–Crippen MR) is 113 cm³/mol. The van der Waals surface area contributed by atoms with Gasteiger partial charge in [-0.15, -0.1) is 11.3 Å². The summed E-state index contributed by atoms with van der Waals surface area (Å²) < 4.78 is 0. The van der Waals surface area contributed by atoms with Crippen molar-refractivity contribution in [2.75, 3.05) is 0 Å². The third-order valence-electron chi connectivity index (χ3n) is 4.79. The summed E-state index contributed by atoms with van der Waals surface area (Å²) in [5.74, 6) is -0.401. The highest BCUT2D eigenvalue weighted by Gasteiger charge is 2.33. The Kier molecular flexibility index (Phi) is 5.20. The van der Waals surface area contributed by atoms with Crippen molar-refractivity contribution in [2.24, 2.45) is 5.73 Å². The molecule has 1 aromatic heterocycles. The minimum absolute atomic E-state index is 0.0479. The molecule has 1 aliphatic carbocycles. The summed E-state index contributed by atoms with van der Waals surface area (Å²) >= 11 is 7.45. The average Bonchev–Trinajstić information content (AvgIpc) is 3.42. The number of hydrogen-bond acceptors (Lipinski definition) is 3. The van der Waals surface area contributed by atoms with Crippen molar-refractivity contribution in [3.05, 3.63) is 81.7 Å². The van der Waals surface area contributed by atoms with Gasteiger partial charge in [0.25, 0.3) is 5.91 Å². The van der Waals surface area contributed by atoms with E-state index in [0.29, 0.717) is 17.1 Å². The molecule has 0 spiro atoms. The second-order valence-electron chi connectivity index (χ2n) is 6.90. The van der Waals surface area contributed by atoms with Gasteiger partial charge < -0.3 is 10.6 Å². The molecule has 1 saturated carbocycles. The maximum absolute atomic E-state index is 13.1. The average molecular weight is 411 g/mol. The Bertz CT molecular complexity index is 1010. The topological polar surface area (TPSA) is 63.4 Å². The number of nitrogens with two attached hydrogens (primary N) is 1. The van der Waals surface area contributed by atoms with E-state index in [0.717, 1.165) is 33.7 Å². The molecular formula is C22H19ClN2O2S. The Labute approximate surface area is 172 Å². The van der Waals surface area contributed by atoms with Gasteiger partial charge in [0.15, 0.2) is 0 Å². The Morgan fingerprint density at radius 1 is 1.00 bits per heavy atom. The van der Waals surface area contributed by atoms with E-state index in [9.17, 15) is 9.59 Å². The molecule has 2 aromatic carbocycles. The summed E-state index contributed by atoms with van der Waals surface area (Å²) in [4.78, 5) is 28.1. The first-order valence-corrected chi connectivity index (χ1v) is 10.3. The standard InChI is InChI=1S/C22H19ClN2O2S/c23-17-7-5-15(6-8-17)19-11-12-20(28-19)22(27)25(18-9-10-18)13-14-1-3-16(4-2-14)21(24)26/h1-8,11-12,18H,9-10,13H2,(H2,24,26). The monoisotopic (exact) mass is 410 g/mol. The number of amides is 2. The van der Waals surface area contributed by atoms with Gasteiger partial charge in [-0.25, -0.2) is 0 Å². The van der Waals surface area contributed by atoms with Crippen LogP contribution in [-0.2, 0) is 6.54 Å². The molecule has 0 bridgehead atoms. The number of rotatable bonds is 6. The molecule has 1 heterocycles. The summed E-state index contributed by atoms with van der Waals surface area (Å²) in [5.41, 5.74) is 7.80. The molecule has 0 saturated heterocycles. The molecule has 3 aromatic rings. The van der Waals surface area contributed by atoms with Crippen molar-refractivity contribution in [1.82, 2.24) is 4.90 Å². The lowest BCUT2D eigenvalue weighted by Gasteiger charge is -2.22. The van der Waals surface area contributed by atoms with Crippen LogP contribution in [0.4, 0.5) is 0 Å². The summed E-state index contributed by atoms with van der Waals surface area (Å²) in [5, 5.41) is 0.693. The summed E-state index contributed by atoms with van der Waals surface area (Å²) in [6.07, 6.45) is 2.06. The smallest absolute Gasteiger partial charge is 0.264 e. The molecule has 2 N–H and O–H groups in total. The number of halogens is 1. The van der Waals surface area contributed by atoms with Crippen molar-refractivity contribution in [3.8, 4) is 10.4 Å². The molecule has 0 atom stereocenters. The second-order valence-corrected chi connectivity index (χ2v) is 8.42. The molecule has 142 valence electrons. The van der Waals surface area contributed by atoms with Crippen LogP contribution in [0.5, 0.6) is 0 Å². The van der Waals surface area contributed by atoms with E-state index in [1.807, 2.05) is 53.4 Å². The van der Waals surface area contributed by atoms with E-state index >= 15 is 0 Å². The minimum Gasteiger partial charge on any atom is -0.366 e. The molecule has 4 rings (SSSR count). The van der Waals surface area contributed by atoms with Crippen LogP contribution in [0.25, 0.3) is 10.4 Å². The zero-order chi connectivity index (χ0) is 19.7. The zero-order valence-corrected chi connectivity index (χ0v) is 16.7. The van der Waals surface area contributed by atoms with Crippen molar-refractivity contribution in [1.29, 1.82) is 0 Å². The van der Waals surface area contributed by atoms with Crippen LogP contribution in [-0.4, -0.2) is 22.8 Å². The highest BCUT2D eigenvalue weighted by atomic mass is 35.5. The summed E-state index contributed by atoms with van der Waals surface area (Å²) in [6, 6.07) is 18.9. The largest absolute Gasteiger partial charge is 0.366 e. The Hall–Kier alpha value is -2.63. The number of carbonyl (C=O) groups is 2. The first-order valence-electron chi connectivity index (χ1n) is 9.07. The molecule has 0 radical (unpaired) electrons. The van der Waals surface area contributed by atoms with Crippen molar-refractivity contribution >= 4 is 34.8 Å². The lowest BCUT2D eigenvalue weighted by Crippen LogP contribution is -2.32. The fourth-order valence-electron chi connectivity index (χ4n) is 3.09. The maximum Gasteiger partial charge on any atom is 0.264 e. The van der Waals surface area contributed by atoms with Crippen LogP contribution >= 0.6 is 22.9 Å². The number of thiophene rings is 1. The molecule has 28 heavy (non-hydrogen) atoms. The molecular weight excluding hydrogens is 392 g/mol. The molecule has 6 heteroatoms. The van der Waals surface area contributed by atoms with Gasteiger partial charge in [0.1, 0.15) is 0 Å². The first kappa shape index (κ1) is 18.7. The third kappa shape index (κ3) is 4.11. The normalized spacial score (nSPS) is 13.3. The Morgan fingerprint density at radius 3 is 2.29 bits per heavy atom. The van der Waals surface area contributed by atoms with Gasteiger partial charge in [0.05, 0.1) is 4.88 Å². The van der Waals surface area contributed by atoms with E-state index in [1.54, 1.807) is 12.1 Å². The molecule has 2 amide bonds. The molecule has 1 fully saturated rings. The van der Waals surface area contributed by atoms with Gasteiger partial charge in [-0.05, 0) is 60.4 Å². The van der Waals surface area contributed by atoms with E-state index in [4.69, 9.17) is 17.3 Å². The predicted octanol–water partition coefficient (Wildman–Crippen LogP) is 4.97. The van der Waals surface area contributed by atoms with Gasteiger partial charge >= 0.3 is 0 Å². The fraction of sp³-hybridized carbons (Fsp3) is 0.182. The van der Waals surface area contributed by atoms with Gasteiger partial charge in [0.2, 0.25) is 5.91 Å². The number of carbonyl (C=O) groups excluding carboxylic acids is 2. The number of primary amides is 1. The van der Waals surface area contributed by atoms with Crippen LogP contribution in [0.1, 0.15) is 38.4 Å². The molecule has 0 unspecified atom stereocenters. The highest BCUT2D eigenvalue weighted by molar-refractivity contribution is 7.17. The zero-order valence-electron chi connectivity index (χ0n) is 15.1. The van der Waals surface area contributed by atoms with Gasteiger partial charge in [-0.3, -0.25) is 9.59 Å². The first-order chi connectivity index (χ1) is 13.5. The summed E-state index contributed by atoms with van der Waals surface area (Å²) in [6.45, 7) is 0.525. The van der Waals surface area contributed by atoms with Gasteiger partial charge in [-0.1, -0.05) is 35.9 Å². The number of hydrogen-bond donors (Lipinski definition) is 1. The van der Waals surface area contributed by atoms with Crippen molar-refractivity contribution in [2.45, 2.75) is 25.4 Å². The minimum atomic E-state index is -0.449. The Morgan fingerprint density at radius 2 is 1.68 bits per heavy atom. The van der Waals surface area contributed by atoms with Crippen LogP contribution in [0, 0.1) is 0 Å². The van der Waals surface area contributed by atoms with Crippen LogP contribution < -0.4 is 5.73 Å². The van der Waals surface area contributed by atoms with E-state index in [2.05, 4.69) is 0 Å². The highest BCUT2D eigenvalue weighted by Crippen LogP contribution is 2.34. The van der Waals surface area contributed by atoms with Gasteiger partial charge in [0, 0.05) is 28.0 Å². The van der Waals surface area contributed by atoms with E-state index in [1.165, 1.54) is 11.3 Å².